The number of nitrogens with one attached hydrogen (secondary N) is 6. The Morgan fingerprint density at radius 1 is 0.585 bits per heavy atom. The van der Waals surface area contributed by atoms with Crippen LogP contribution in [-0.4, -0.2) is 51.0 Å². The number of carbonyl (C=O) groups is 2. The van der Waals surface area contributed by atoms with Crippen molar-refractivity contribution in [2.75, 3.05) is 19.1 Å². The van der Waals surface area contributed by atoms with Gasteiger partial charge in [-0.2, -0.15) is 0 Å². The van der Waals surface area contributed by atoms with E-state index in [1.54, 1.807) is 6.92 Å². The number of aromatic nitrogens is 4. The van der Waals surface area contributed by atoms with E-state index in [0.717, 1.165) is 73.8 Å². The van der Waals surface area contributed by atoms with Crippen LogP contribution in [0.3, 0.4) is 0 Å². The highest BCUT2D eigenvalue weighted by Crippen LogP contribution is 2.27. The summed E-state index contributed by atoms with van der Waals surface area (Å²) >= 11 is 0. The van der Waals surface area contributed by atoms with E-state index in [9.17, 15) is 9.59 Å². The van der Waals surface area contributed by atoms with Crippen LogP contribution in [0.4, 0.5) is 5.69 Å². The molecule has 9 aromatic rings. The van der Waals surface area contributed by atoms with Crippen molar-refractivity contribution in [1.82, 2.24) is 25.3 Å². The Hall–Kier alpha value is -6.92. The van der Waals surface area contributed by atoms with Crippen LogP contribution in [0.15, 0.2) is 97.1 Å². The molecule has 0 saturated carbocycles. The van der Waals surface area contributed by atoms with Gasteiger partial charge in [0.25, 0.3) is 0 Å². The van der Waals surface area contributed by atoms with Crippen molar-refractivity contribution < 1.29 is 19.4 Å². The number of aldehydes is 1. The van der Waals surface area contributed by atoms with E-state index in [2.05, 4.69) is 81.8 Å². The predicted molar refractivity (Wildman–Crippen MR) is 270 cm³/mol. The number of carbonyl (C=O) groups excluding carboxylic acids is 2. The first-order chi connectivity index (χ1) is 31.2. The number of esters is 1. The fourth-order valence-corrected chi connectivity index (χ4v) is 7.90. The normalized spacial score (nSPS) is 10.6. The molecule has 0 unspecified atom stereocenters. The van der Waals surface area contributed by atoms with Crippen molar-refractivity contribution in [2.45, 2.75) is 82.4 Å². The second-order valence-electron chi connectivity index (χ2n) is 16.2. The van der Waals surface area contributed by atoms with Gasteiger partial charge in [-0.3, -0.25) is 10.6 Å². The third kappa shape index (κ3) is 11.2. The number of ether oxygens (including phenoxy) is 1. The van der Waals surface area contributed by atoms with Crippen LogP contribution in [0.5, 0.6) is 0 Å². The molecule has 0 aliphatic carbocycles. The van der Waals surface area contributed by atoms with E-state index in [0.29, 0.717) is 18.0 Å². The summed E-state index contributed by atoms with van der Waals surface area (Å²) in [5, 5.41) is 17.0. The third-order valence-electron chi connectivity index (χ3n) is 11.9. The first-order valence-electron chi connectivity index (χ1n) is 21.9. The average Bonchev–Trinajstić information content (AvgIpc) is 4.04. The van der Waals surface area contributed by atoms with Crippen LogP contribution in [0.25, 0.3) is 43.6 Å². The molecule has 0 atom stereocenters. The number of hydrogen-bond acceptors (Lipinski definition) is 7. The minimum Gasteiger partial charge on any atom is -0.461 e. The molecule has 4 heterocycles. The molecule has 0 spiro atoms. The van der Waals surface area contributed by atoms with Crippen molar-refractivity contribution in [3.63, 3.8) is 0 Å². The summed E-state index contributed by atoms with van der Waals surface area (Å²) in [4.78, 5) is 35.3. The molecule has 340 valence electrons. The van der Waals surface area contributed by atoms with Crippen molar-refractivity contribution in [1.29, 1.82) is 0 Å². The monoisotopic (exact) mass is 876 g/mol. The number of aromatic amines is 4. The van der Waals surface area contributed by atoms with Crippen molar-refractivity contribution >= 4 is 61.6 Å². The Bertz CT molecular complexity index is 3040. The number of para-hydroxylation sites is 5. The van der Waals surface area contributed by atoms with Gasteiger partial charge in [-0.05, 0) is 132 Å². The van der Waals surface area contributed by atoms with Crippen LogP contribution < -0.4 is 16.6 Å². The second-order valence-corrected chi connectivity index (χ2v) is 16.2. The quantitative estimate of drug-likeness (QED) is 0.0340. The van der Waals surface area contributed by atoms with E-state index < -0.39 is 0 Å². The molecule has 11 heteroatoms. The lowest BCUT2D eigenvalue weighted by Crippen LogP contribution is -2.07. The average molecular weight is 876 g/mol. The van der Waals surface area contributed by atoms with Crippen molar-refractivity contribution in [3.8, 4) is 0 Å². The minimum absolute atomic E-state index is 0.0833. The van der Waals surface area contributed by atoms with Gasteiger partial charge < -0.3 is 40.5 Å². The van der Waals surface area contributed by atoms with Gasteiger partial charge in [-0.15, -0.1) is 0 Å². The maximum absolute atomic E-state index is 11.7. The summed E-state index contributed by atoms with van der Waals surface area (Å²) in [6.45, 7) is 21.6. The number of fused-ring (bicyclic) bond motifs is 4. The number of nitrogens with two attached hydrogens (primary N) is 1. The first kappa shape index (κ1) is 49.1. The van der Waals surface area contributed by atoms with E-state index >= 15 is 0 Å². The molecule has 0 radical (unpaired) electrons. The van der Waals surface area contributed by atoms with Crippen molar-refractivity contribution in [3.05, 3.63) is 170 Å². The number of rotatable bonds is 7. The fourth-order valence-electron chi connectivity index (χ4n) is 7.90. The highest BCUT2D eigenvalue weighted by molar-refractivity contribution is 5.99. The highest BCUT2D eigenvalue weighted by Gasteiger charge is 2.16. The minimum atomic E-state index is -0.282. The third-order valence-corrected chi connectivity index (χ3v) is 11.9. The lowest BCUT2D eigenvalue weighted by molar-refractivity contribution is 0.0519. The van der Waals surface area contributed by atoms with Gasteiger partial charge in [0.2, 0.25) is 0 Å². The van der Waals surface area contributed by atoms with E-state index in [4.69, 9.17) is 15.7 Å². The number of anilines is 1. The molecule has 9 N–H and O–H groups in total. The summed E-state index contributed by atoms with van der Waals surface area (Å²) in [7, 11) is 1.97. The van der Waals surface area contributed by atoms with E-state index in [1.807, 2.05) is 115 Å². The van der Waals surface area contributed by atoms with Gasteiger partial charge in [-0.25, -0.2) is 4.79 Å². The van der Waals surface area contributed by atoms with Gasteiger partial charge in [-0.1, -0.05) is 91.0 Å². The number of hydrogen-bond donors (Lipinski definition) is 8. The summed E-state index contributed by atoms with van der Waals surface area (Å²) in [6.07, 6.45) is 0.870. The highest BCUT2D eigenvalue weighted by atomic mass is 16.5. The molecule has 0 saturated heterocycles. The lowest BCUT2D eigenvalue weighted by atomic mass is 10.1. The van der Waals surface area contributed by atoms with Gasteiger partial charge >= 0.3 is 5.97 Å². The molecule has 0 bridgehead atoms. The summed E-state index contributed by atoms with van der Waals surface area (Å²) in [6, 6.07) is 32.6. The summed E-state index contributed by atoms with van der Waals surface area (Å²) < 4.78 is 5.01. The molecular weight excluding hydrogens is 811 g/mol. The maximum Gasteiger partial charge on any atom is 0.355 e. The number of aryl methyl sites for hydroxylation is 9. The topological polar surface area (TPSA) is 177 Å². The van der Waals surface area contributed by atoms with Crippen molar-refractivity contribution in [2.24, 2.45) is 5.84 Å². The number of aliphatic hydroxyl groups is 1. The van der Waals surface area contributed by atoms with Gasteiger partial charge in [0.05, 0.1) is 24.6 Å². The second kappa shape index (κ2) is 22.6. The van der Waals surface area contributed by atoms with Gasteiger partial charge in [0.15, 0.2) is 6.29 Å². The number of aliphatic hydroxyl groups excluding tert-OH is 1. The number of H-pyrrole nitrogens is 4. The van der Waals surface area contributed by atoms with Crippen LogP contribution in [0.2, 0.25) is 0 Å². The van der Waals surface area contributed by atoms with E-state index in [-0.39, 0.29) is 12.6 Å². The molecular formula is C54H65N7O4. The van der Waals surface area contributed by atoms with Gasteiger partial charge in [0.1, 0.15) is 5.69 Å². The van der Waals surface area contributed by atoms with Gasteiger partial charge in [0, 0.05) is 61.5 Å². The Labute approximate surface area is 382 Å². The molecule has 4 aromatic heterocycles. The number of nitrogen functional groups attached to an aromatic ring is 1. The Morgan fingerprint density at radius 3 is 1.42 bits per heavy atom. The zero-order valence-corrected chi connectivity index (χ0v) is 39.7. The largest absolute Gasteiger partial charge is 0.461 e. The van der Waals surface area contributed by atoms with Crippen LogP contribution in [0, 0.1) is 62.3 Å². The number of benzene rings is 5. The first-order valence-corrected chi connectivity index (χ1v) is 21.9. The van der Waals surface area contributed by atoms with Crippen LogP contribution >= 0.6 is 0 Å². The van der Waals surface area contributed by atoms with Crippen LogP contribution in [-0.2, 0) is 17.9 Å². The molecule has 0 amide bonds. The zero-order valence-electron chi connectivity index (χ0n) is 39.7. The fraction of sp³-hybridized carbons (Fsp3) is 0.259. The Kier molecular flexibility index (Phi) is 17.1. The standard InChI is InChI=1S/C13H15NO2.C12H16N2.C11H13NO.C11H11NO.C7H10N2/c1-4-16-13(15)12-9(3)10-7-5-6-8(2)11(10)14-12;1-8-5-4-6-10-9(2)11(7-13-3)14-12(8)10;2*1-7-4-3-5-9-8(2)10(6-13)12-11(7)9;1-6-4-2-3-5-7(6)9-8/h5-7,14H,4H2,1-3H3;4-6,13-14H,7H2,1-3H3;3-5,12-13H,6H2,1-2H3;3-6,12H,1-2H3;2-5,9H,8H2,1H3. The molecule has 11 nitrogen and oxygen atoms in total. The lowest BCUT2D eigenvalue weighted by Gasteiger charge is -2.01. The maximum atomic E-state index is 11.7. The molecule has 0 aliphatic heterocycles. The SMILES string of the molecule is CCOC(=O)c1[nH]c2c(C)cccc2c1C.CNCc1[nH]c2c(C)cccc2c1C.Cc1c(C=O)[nH]c2c(C)cccc12.Cc1c(CO)[nH]c2c(C)cccc12.Cc1ccccc1NN. The molecule has 0 aliphatic rings. The predicted octanol–water partition coefficient (Wildman–Crippen LogP) is 11.6. The number of hydrazine groups is 1. The zero-order chi connectivity index (χ0) is 47.4. The molecule has 0 fully saturated rings. The smallest absolute Gasteiger partial charge is 0.355 e. The van der Waals surface area contributed by atoms with E-state index in [1.165, 1.54) is 49.8 Å². The Morgan fingerprint density at radius 2 is 1.02 bits per heavy atom. The molecule has 65 heavy (non-hydrogen) atoms. The van der Waals surface area contributed by atoms with Crippen LogP contribution in [0.1, 0.15) is 89.4 Å². The summed E-state index contributed by atoms with van der Waals surface area (Å²) in [5.41, 5.74) is 22.1. The summed E-state index contributed by atoms with van der Waals surface area (Å²) in [5.74, 6) is 4.92. The Balaban J connectivity index is 0.000000154. The molecule has 9 rings (SSSR count). The molecule has 5 aromatic carbocycles.